The van der Waals surface area contributed by atoms with Crippen LogP contribution in [-0.4, -0.2) is 35.2 Å². The molecule has 15 heavy (non-hydrogen) atoms. The predicted molar refractivity (Wildman–Crippen MR) is 54.6 cm³/mol. The Bertz CT molecular complexity index is 394. The average Bonchev–Trinajstić information content (AvgIpc) is 2.16. The van der Waals surface area contributed by atoms with E-state index in [2.05, 4.69) is 9.72 Å². The Morgan fingerprint density at radius 1 is 1.60 bits per heavy atom. The van der Waals surface area contributed by atoms with Crippen LogP contribution in [0.25, 0.3) is 0 Å². The van der Waals surface area contributed by atoms with Crippen LogP contribution >= 0.6 is 0 Å². The summed E-state index contributed by atoms with van der Waals surface area (Å²) < 4.78 is 4.45. The monoisotopic (exact) mass is 210 g/mol. The molecule has 0 saturated heterocycles. The van der Waals surface area contributed by atoms with Crippen molar-refractivity contribution >= 4 is 24.4 Å². The minimum absolute atomic E-state index is 0.00963. The number of carbonyl (C=O) groups is 1. The Kier molecular flexibility index (Phi) is 3.28. The number of hydrogen-bond acceptors (Lipinski definition) is 6. The Labute approximate surface area is 86.8 Å². The smallest absolute Gasteiger partial charge is 0.464 e. The third-order valence-corrected chi connectivity index (χ3v) is 1.91. The minimum Gasteiger partial charge on any atom is -0.464 e. The van der Waals surface area contributed by atoms with Crippen molar-refractivity contribution in [3.63, 3.8) is 0 Å². The van der Waals surface area contributed by atoms with Gasteiger partial charge in [0, 0.05) is 0 Å². The zero-order valence-electron chi connectivity index (χ0n) is 8.39. The Balaban J connectivity index is 3.29. The van der Waals surface area contributed by atoms with Gasteiger partial charge in [-0.25, -0.2) is 9.78 Å². The first-order valence-electron chi connectivity index (χ1n) is 4.18. The number of ether oxygens (including phenoxy) is 1. The van der Waals surface area contributed by atoms with Crippen molar-refractivity contribution in [2.75, 3.05) is 12.8 Å². The highest BCUT2D eigenvalue weighted by molar-refractivity contribution is 6.58. The fourth-order valence-corrected chi connectivity index (χ4v) is 1.17. The van der Waals surface area contributed by atoms with Crippen LogP contribution in [-0.2, 0) is 4.74 Å². The third kappa shape index (κ3) is 2.25. The summed E-state index contributed by atoms with van der Waals surface area (Å²) in [6.07, 6.45) is 0. The van der Waals surface area contributed by atoms with Gasteiger partial charge in [0.15, 0.2) is 5.69 Å². The van der Waals surface area contributed by atoms with Crippen molar-refractivity contribution in [1.29, 1.82) is 0 Å². The maximum Gasteiger partial charge on any atom is 0.508 e. The van der Waals surface area contributed by atoms with E-state index in [1.807, 2.05) is 0 Å². The van der Waals surface area contributed by atoms with Crippen molar-refractivity contribution in [3.05, 3.63) is 17.3 Å². The van der Waals surface area contributed by atoms with E-state index in [4.69, 9.17) is 15.8 Å². The van der Waals surface area contributed by atoms with Gasteiger partial charge < -0.3 is 20.5 Å². The van der Waals surface area contributed by atoms with Gasteiger partial charge in [0.1, 0.15) is 0 Å². The third-order valence-electron chi connectivity index (χ3n) is 1.91. The molecule has 0 spiro atoms. The van der Waals surface area contributed by atoms with Gasteiger partial charge in [-0.05, 0) is 18.6 Å². The molecule has 80 valence electrons. The van der Waals surface area contributed by atoms with Crippen molar-refractivity contribution in [2.45, 2.75) is 6.92 Å². The maximum atomic E-state index is 11.2. The second kappa shape index (κ2) is 4.29. The van der Waals surface area contributed by atoms with E-state index in [0.717, 1.165) is 0 Å². The molecule has 0 aromatic carbocycles. The summed E-state index contributed by atoms with van der Waals surface area (Å²) >= 11 is 0. The summed E-state index contributed by atoms with van der Waals surface area (Å²) in [6, 6.07) is 1.44. The average molecular weight is 210 g/mol. The van der Waals surface area contributed by atoms with Crippen LogP contribution in [0.2, 0.25) is 0 Å². The number of esters is 1. The number of nitrogens with zero attached hydrogens (tertiary/aromatic N) is 1. The van der Waals surface area contributed by atoms with Crippen LogP contribution < -0.4 is 11.3 Å². The molecule has 0 amide bonds. The molecule has 1 heterocycles. The lowest BCUT2D eigenvalue weighted by molar-refractivity contribution is 0.0595. The normalized spacial score (nSPS) is 9.87. The standard InChI is InChI=1S/C8H11BN2O4/c1-4-3-5(10)6(8(12)15-2)11-7(4)9(13)14/h3,13-14H,10H2,1-2H3. The van der Waals surface area contributed by atoms with Crippen molar-refractivity contribution in [3.8, 4) is 0 Å². The van der Waals surface area contributed by atoms with E-state index in [-0.39, 0.29) is 17.0 Å². The number of rotatable bonds is 2. The van der Waals surface area contributed by atoms with Gasteiger partial charge >= 0.3 is 13.1 Å². The molecule has 1 aromatic rings. The fourth-order valence-electron chi connectivity index (χ4n) is 1.17. The molecule has 0 fully saturated rings. The molecule has 1 rings (SSSR count). The van der Waals surface area contributed by atoms with E-state index in [9.17, 15) is 4.79 Å². The zero-order chi connectivity index (χ0) is 11.6. The number of pyridine rings is 1. The van der Waals surface area contributed by atoms with E-state index in [0.29, 0.717) is 5.56 Å². The van der Waals surface area contributed by atoms with Crippen LogP contribution in [0.5, 0.6) is 0 Å². The molecule has 0 aliphatic heterocycles. The summed E-state index contributed by atoms with van der Waals surface area (Å²) in [4.78, 5) is 14.9. The minimum atomic E-state index is -1.74. The lowest BCUT2D eigenvalue weighted by Crippen LogP contribution is -2.36. The number of nitrogen functional groups attached to an aromatic ring is 1. The van der Waals surface area contributed by atoms with E-state index < -0.39 is 13.1 Å². The lowest BCUT2D eigenvalue weighted by Gasteiger charge is -2.08. The Morgan fingerprint density at radius 3 is 2.67 bits per heavy atom. The molecule has 0 radical (unpaired) electrons. The molecule has 0 unspecified atom stereocenters. The van der Waals surface area contributed by atoms with Gasteiger partial charge in [-0.15, -0.1) is 0 Å². The van der Waals surface area contributed by atoms with Crippen LogP contribution in [0.15, 0.2) is 6.07 Å². The summed E-state index contributed by atoms with van der Waals surface area (Å²) in [6.45, 7) is 1.61. The fraction of sp³-hybridized carbons (Fsp3) is 0.250. The molecule has 7 heteroatoms. The molecular weight excluding hydrogens is 199 g/mol. The van der Waals surface area contributed by atoms with Crippen LogP contribution in [0.4, 0.5) is 5.69 Å². The summed E-state index contributed by atoms with van der Waals surface area (Å²) in [7, 11) is -0.549. The highest BCUT2D eigenvalue weighted by Gasteiger charge is 2.21. The number of nitrogens with two attached hydrogens (primary N) is 1. The largest absolute Gasteiger partial charge is 0.508 e. The highest BCUT2D eigenvalue weighted by atomic mass is 16.5. The zero-order valence-corrected chi connectivity index (χ0v) is 8.39. The Morgan fingerprint density at radius 2 is 2.20 bits per heavy atom. The van der Waals surface area contributed by atoms with Crippen molar-refractivity contribution < 1.29 is 19.6 Å². The number of hydrogen-bond donors (Lipinski definition) is 3. The lowest BCUT2D eigenvalue weighted by atomic mass is 9.82. The molecule has 4 N–H and O–H groups in total. The number of aromatic nitrogens is 1. The number of carbonyl (C=O) groups excluding carboxylic acids is 1. The first-order valence-corrected chi connectivity index (χ1v) is 4.18. The molecule has 0 aliphatic rings. The molecular formula is C8H11BN2O4. The summed E-state index contributed by atoms with van der Waals surface area (Å²) in [5, 5.41) is 17.9. The van der Waals surface area contributed by atoms with Gasteiger partial charge in [-0.2, -0.15) is 0 Å². The van der Waals surface area contributed by atoms with Gasteiger partial charge in [0.25, 0.3) is 0 Å². The number of anilines is 1. The molecule has 0 saturated carbocycles. The van der Waals surface area contributed by atoms with E-state index in [1.165, 1.54) is 13.2 Å². The van der Waals surface area contributed by atoms with E-state index in [1.54, 1.807) is 6.92 Å². The van der Waals surface area contributed by atoms with Crippen molar-refractivity contribution in [1.82, 2.24) is 4.98 Å². The van der Waals surface area contributed by atoms with Crippen molar-refractivity contribution in [2.24, 2.45) is 0 Å². The second-order valence-electron chi connectivity index (χ2n) is 2.99. The maximum absolute atomic E-state index is 11.2. The van der Waals surface area contributed by atoms with Crippen LogP contribution in [0, 0.1) is 6.92 Å². The van der Waals surface area contributed by atoms with Gasteiger partial charge in [-0.3, -0.25) is 0 Å². The predicted octanol–water partition coefficient (Wildman–Crippen LogP) is -1.56. The van der Waals surface area contributed by atoms with Gasteiger partial charge in [0.05, 0.1) is 18.4 Å². The number of methoxy groups -OCH3 is 1. The molecule has 0 bridgehead atoms. The van der Waals surface area contributed by atoms with Crippen LogP contribution in [0.3, 0.4) is 0 Å². The second-order valence-corrected chi connectivity index (χ2v) is 2.99. The highest BCUT2D eigenvalue weighted by Crippen LogP contribution is 2.10. The molecule has 0 aliphatic carbocycles. The summed E-state index contributed by atoms with van der Waals surface area (Å²) in [5.74, 6) is -0.714. The van der Waals surface area contributed by atoms with Crippen LogP contribution in [0.1, 0.15) is 16.1 Å². The first kappa shape index (κ1) is 11.5. The summed E-state index contributed by atoms with van der Waals surface area (Å²) in [5.41, 5.74) is 6.05. The van der Waals surface area contributed by atoms with E-state index >= 15 is 0 Å². The molecule has 6 nitrogen and oxygen atoms in total. The van der Waals surface area contributed by atoms with Gasteiger partial charge in [-0.1, -0.05) is 0 Å². The first-order chi connectivity index (χ1) is 6.97. The SMILES string of the molecule is COC(=O)c1nc(B(O)O)c(C)cc1N. The topological polar surface area (TPSA) is 106 Å². The number of aryl methyl sites for hydroxylation is 1. The molecule has 0 atom stereocenters. The molecule has 1 aromatic heterocycles. The quantitative estimate of drug-likeness (QED) is 0.402. The van der Waals surface area contributed by atoms with Gasteiger partial charge in [0.2, 0.25) is 0 Å². The Hall–Kier alpha value is -1.60.